The number of H-pyrrole nitrogens is 1. The van der Waals surface area contributed by atoms with Crippen LogP contribution >= 0.6 is 0 Å². The molecule has 160 valence electrons. The molecule has 1 atom stereocenters. The van der Waals surface area contributed by atoms with Crippen molar-refractivity contribution in [2.45, 2.75) is 64.7 Å². The number of aromatic nitrogens is 1. The number of nitrogens with one attached hydrogen (secondary N) is 1. The molecule has 1 aliphatic heterocycles. The second kappa shape index (κ2) is 7.77. The van der Waals surface area contributed by atoms with Gasteiger partial charge in [0.05, 0.1) is 17.9 Å². The molecule has 5 heteroatoms. The van der Waals surface area contributed by atoms with Crippen molar-refractivity contribution in [3.8, 4) is 11.1 Å². The van der Waals surface area contributed by atoms with E-state index in [4.69, 9.17) is 4.74 Å². The molecule has 0 aliphatic carbocycles. The number of benzene rings is 2. The predicted octanol–water partition coefficient (Wildman–Crippen LogP) is 7.39. The maximum atomic E-state index is 13.7. The molecular formula is C25H28F3NO. The van der Waals surface area contributed by atoms with Gasteiger partial charge >= 0.3 is 6.18 Å². The standard InChI is InChI=1S/C25H28F3NO/c1-4-12-24(6-3)23-19(11-13-30-24)20-15-17(14-16(5-2)22(20)29-23)18-9-7-8-10-21(18)25(26,27)28/h7-10,14-15,29H,4-6,11-13H2,1-3H3. The first-order valence-electron chi connectivity index (χ1n) is 10.8. The SMILES string of the molecule is CCCC1(CC)OCCc2c1[nH]c1c(CC)cc(-c3ccccc3C(F)(F)F)cc21. The molecule has 0 spiro atoms. The zero-order chi connectivity index (χ0) is 21.5. The van der Waals surface area contributed by atoms with Gasteiger partial charge in [-0.15, -0.1) is 0 Å². The van der Waals surface area contributed by atoms with Gasteiger partial charge in [0.2, 0.25) is 0 Å². The molecule has 0 radical (unpaired) electrons. The Labute approximate surface area is 175 Å². The molecule has 1 aromatic heterocycles. The van der Waals surface area contributed by atoms with Crippen LogP contribution in [0.1, 0.15) is 62.4 Å². The first-order valence-corrected chi connectivity index (χ1v) is 10.8. The van der Waals surface area contributed by atoms with Crippen molar-refractivity contribution in [2.24, 2.45) is 0 Å². The zero-order valence-electron chi connectivity index (χ0n) is 17.7. The highest BCUT2D eigenvalue weighted by molar-refractivity contribution is 5.92. The Morgan fingerprint density at radius 1 is 1.10 bits per heavy atom. The van der Waals surface area contributed by atoms with Crippen LogP contribution in [0.5, 0.6) is 0 Å². The van der Waals surface area contributed by atoms with Gasteiger partial charge in [-0.05, 0) is 66.1 Å². The third-order valence-corrected chi connectivity index (χ3v) is 6.43. The number of fused-ring (bicyclic) bond motifs is 3. The normalized spacial score (nSPS) is 19.3. The van der Waals surface area contributed by atoms with Crippen LogP contribution in [0.25, 0.3) is 22.0 Å². The van der Waals surface area contributed by atoms with E-state index in [-0.39, 0.29) is 11.2 Å². The van der Waals surface area contributed by atoms with Gasteiger partial charge in [-0.3, -0.25) is 0 Å². The van der Waals surface area contributed by atoms with Crippen molar-refractivity contribution in [3.63, 3.8) is 0 Å². The van der Waals surface area contributed by atoms with Crippen molar-refractivity contribution in [1.29, 1.82) is 0 Å². The van der Waals surface area contributed by atoms with E-state index in [0.29, 0.717) is 12.2 Å². The van der Waals surface area contributed by atoms with E-state index in [1.54, 1.807) is 12.1 Å². The summed E-state index contributed by atoms with van der Waals surface area (Å²) in [5.74, 6) is 0. The summed E-state index contributed by atoms with van der Waals surface area (Å²) in [6.45, 7) is 6.98. The summed E-state index contributed by atoms with van der Waals surface area (Å²) in [4.78, 5) is 3.64. The molecule has 4 rings (SSSR count). The van der Waals surface area contributed by atoms with E-state index in [2.05, 4.69) is 18.8 Å². The van der Waals surface area contributed by atoms with Gasteiger partial charge in [0.15, 0.2) is 0 Å². The van der Waals surface area contributed by atoms with Crippen LogP contribution in [-0.4, -0.2) is 11.6 Å². The molecule has 2 aromatic carbocycles. The number of rotatable bonds is 5. The van der Waals surface area contributed by atoms with Crippen LogP contribution < -0.4 is 0 Å². The lowest BCUT2D eigenvalue weighted by Crippen LogP contribution is -2.35. The van der Waals surface area contributed by atoms with Gasteiger partial charge in [0.1, 0.15) is 5.60 Å². The lowest BCUT2D eigenvalue weighted by atomic mass is 9.85. The molecule has 0 fully saturated rings. The summed E-state index contributed by atoms with van der Waals surface area (Å²) in [6.07, 6.45) is -0.0737. The van der Waals surface area contributed by atoms with Crippen LogP contribution in [0, 0.1) is 0 Å². The van der Waals surface area contributed by atoms with E-state index < -0.39 is 11.7 Å². The van der Waals surface area contributed by atoms with Gasteiger partial charge in [0, 0.05) is 10.9 Å². The second-order valence-electron chi connectivity index (χ2n) is 8.13. The van der Waals surface area contributed by atoms with E-state index in [9.17, 15) is 13.2 Å². The first-order chi connectivity index (χ1) is 14.3. The van der Waals surface area contributed by atoms with Gasteiger partial charge in [-0.25, -0.2) is 0 Å². The Kier molecular flexibility index (Phi) is 5.43. The molecule has 30 heavy (non-hydrogen) atoms. The first kappa shape index (κ1) is 21.0. The molecule has 2 heterocycles. The summed E-state index contributed by atoms with van der Waals surface area (Å²) >= 11 is 0. The zero-order valence-corrected chi connectivity index (χ0v) is 17.7. The van der Waals surface area contributed by atoms with Gasteiger partial charge < -0.3 is 9.72 Å². The summed E-state index contributed by atoms with van der Waals surface area (Å²) in [5.41, 5.74) is 4.32. The van der Waals surface area contributed by atoms with Gasteiger partial charge in [-0.2, -0.15) is 13.2 Å². The highest BCUT2D eigenvalue weighted by Gasteiger charge is 2.38. The van der Waals surface area contributed by atoms with Crippen molar-refractivity contribution >= 4 is 10.9 Å². The summed E-state index contributed by atoms with van der Waals surface area (Å²) in [7, 11) is 0. The Morgan fingerprint density at radius 3 is 2.53 bits per heavy atom. The summed E-state index contributed by atoms with van der Waals surface area (Å²) in [6, 6.07) is 9.69. The fraction of sp³-hybridized carbons (Fsp3) is 0.440. The van der Waals surface area contributed by atoms with E-state index in [0.717, 1.165) is 60.3 Å². The Bertz CT molecular complexity index is 1070. The lowest BCUT2D eigenvalue weighted by Gasteiger charge is -2.36. The molecule has 2 nitrogen and oxygen atoms in total. The highest BCUT2D eigenvalue weighted by Crippen LogP contribution is 2.44. The van der Waals surface area contributed by atoms with Crippen LogP contribution in [0.3, 0.4) is 0 Å². The van der Waals surface area contributed by atoms with Crippen LogP contribution in [0.2, 0.25) is 0 Å². The topological polar surface area (TPSA) is 25.0 Å². The third kappa shape index (κ3) is 3.33. The maximum Gasteiger partial charge on any atom is 0.417 e. The predicted molar refractivity (Wildman–Crippen MR) is 115 cm³/mol. The van der Waals surface area contributed by atoms with E-state index in [1.165, 1.54) is 11.6 Å². The molecule has 0 amide bonds. The van der Waals surface area contributed by atoms with Gasteiger partial charge in [0.25, 0.3) is 0 Å². The Morgan fingerprint density at radius 2 is 1.87 bits per heavy atom. The average molecular weight is 415 g/mol. The monoisotopic (exact) mass is 415 g/mol. The molecular weight excluding hydrogens is 387 g/mol. The largest absolute Gasteiger partial charge is 0.417 e. The number of alkyl halides is 3. The summed E-state index contributed by atoms with van der Waals surface area (Å²) < 4.78 is 47.2. The third-order valence-electron chi connectivity index (χ3n) is 6.43. The number of ether oxygens (including phenoxy) is 1. The van der Waals surface area contributed by atoms with Crippen molar-refractivity contribution in [2.75, 3.05) is 6.61 Å². The van der Waals surface area contributed by atoms with Crippen LogP contribution in [-0.2, 0) is 29.4 Å². The number of aryl methyl sites for hydroxylation is 1. The second-order valence-corrected chi connectivity index (χ2v) is 8.13. The Hall–Kier alpha value is -2.27. The van der Waals surface area contributed by atoms with Crippen LogP contribution in [0.15, 0.2) is 36.4 Å². The van der Waals surface area contributed by atoms with Crippen LogP contribution in [0.4, 0.5) is 13.2 Å². The molecule has 1 unspecified atom stereocenters. The number of halogens is 3. The number of aromatic amines is 1. The number of hydrogen-bond acceptors (Lipinski definition) is 1. The molecule has 0 saturated carbocycles. The maximum absolute atomic E-state index is 13.7. The minimum absolute atomic E-state index is 0.235. The average Bonchev–Trinajstić information content (AvgIpc) is 3.12. The van der Waals surface area contributed by atoms with Crippen molar-refractivity contribution in [3.05, 3.63) is 58.8 Å². The Balaban J connectivity index is 1.98. The fourth-order valence-electron chi connectivity index (χ4n) is 4.97. The molecule has 3 aromatic rings. The minimum atomic E-state index is -4.39. The highest BCUT2D eigenvalue weighted by atomic mass is 19.4. The number of hydrogen-bond donors (Lipinski definition) is 1. The fourth-order valence-corrected chi connectivity index (χ4v) is 4.97. The molecule has 1 N–H and O–H groups in total. The van der Waals surface area contributed by atoms with Gasteiger partial charge in [-0.1, -0.05) is 45.4 Å². The quantitative estimate of drug-likeness (QED) is 0.462. The van der Waals surface area contributed by atoms with E-state index >= 15 is 0 Å². The minimum Gasteiger partial charge on any atom is -0.368 e. The van der Waals surface area contributed by atoms with E-state index in [1.807, 2.05) is 19.1 Å². The molecule has 1 aliphatic rings. The van der Waals surface area contributed by atoms with Crippen molar-refractivity contribution in [1.82, 2.24) is 4.98 Å². The summed E-state index contributed by atoms with van der Waals surface area (Å²) in [5, 5.41) is 1.04. The molecule has 0 saturated heterocycles. The van der Waals surface area contributed by atoms with Crippen molar-refractivity contribution < 1.29 is 17.9 Å². The smallest absolute Gasteiger partial charge is 0.368 e. The molecule has 0 bridgehead atoms. The lowest BCUT2D eigenvalue weighted by molar-refractivity contribution is -0.137.